The van der Waals surface area contributed by atoms with Crippen LogP contribution in [0.4, 0.5) is 0 Å². The summed E-state index contributed by atoms with van der Waals surface area (Å²) in [5, 5.41) is 1.17. The number of carbonyl (C=O) groups is 1. The Morgan fingerprint density at radius 3 is 2.95 bits per heavy atom. The Hall–Kier alpha value is -1.53. The number of primary amides is 1. The van der Waals surface area contributed by atoms with Gasteiger partial charge in [0.25, 0.3) is 0 Å². The van der Waals surface area contributed by atoms with Crippen molar-refractivity contribution in [3.8, 4) is 0 Å². The van der Waals surface area contributed by atoms with Gasteiger partial charge in [0.15, 0.2) is 0 Å². The van der Waals surface area contributed by atoms with Crippen molar-refractivity contribution in [2.45, 2.75) is 19.0 Å². The van der Waals surface area contributed by atoms with Gasteiger partial charge in [-0.2, -0.15) is 0 Å². The van der Waals surface area contributed by atoms with E-state index in [2.05, 4.69) is 11.1 Å². The number of nitrogens with zero attached hydrogens (tertiary/aromatic N) is 1. The molecule has 1 aliphatic heterocycles. The molecule has 2 heterocycles. The summed E-state index contributed by atoms with van der Waals surface area (Å²) < 4.78 is 0.707. The molecule has 0 saturated carbocycles. The first-order valence-electron chi connectivity index (χ1n) is 6.34. The number of nitrogens with one attached hydrogen (secondary N) is 1. The summed E-state index contributed by atoms with van der Waals surface area (Å²) in [7, 11) is 0. The second kappa shape index (κ2) is 5.10. The first-order valence-corrected chi connectivity index (χ1v) is 7.97. The van der Waals surface area contributed by atoms with Gasteiger partial charge in [-0.15, -0.1) is 11.8 Å². The minimum atomic E-state index is -0.360. The first kappa shape index (κ1) is 13.5. The molecule has 1 aromatic carbocycles. The lowest BCUT2D eigenvalue weighted by atomic mass is 9.97. The Labute approximate surface area is 126 Å². The average Bonchev–Trinajstić information content (AvgIpc) is 2.82. The number of nitrogens with two attached hydrogens (primary N) is 1. The monoisotopic (exact) mass is 305 g/mol. The van der Waals surface area contributed by atoms with Crippen LogP contribution in [-0.4, -0.2) is 32.4 Å². The summed E-state index contributed by atoms with van der Waals surface area (Å²) in [6.07, 6.45) is 2.52. The second-order valence-electron chi connectivity index (χ2n) is 4.85. The van der Waals surface area contributed by atoms with Gasteiger partial charge in [0, 0.05) is 23.0 Å². The zero-order valence-electron chi connectivity index (χ0n) is 11.1. The Balaban J connectivity index is 2.08. The number of thioether (sulfide) groups is 1. The molecule has 1 atom stereocenters. The highest BCUT2D eigenvalue weighted by molar-refractivity contribution is 8.22. The molecule has 1 aliphatic rings. The Morgan fingerprint density at radius 1 is 1.50 bits per heavy atom. The highest BCUT2D eigenvalue weighted by atomic mass is 32.2. The van der Waals surface area contributed by atoms with Crippen molar-refractivity contribution in [2.75, 3.05) is 6.26 Å². The van der Waals surface area contributed by atoms with Gasteiger partial charge in [0.2, 0.25) is 5.91 Å². The van der Waals surface area contributed by atoms with Crippen molar-refractivity contribution in [3.05, 3.63) is 35.5 Å². The van der Waals surface area contributed by atoms with E-state index in [0.717, 1.165) is 11.2 Å². The molecule has 0 aliphatic carbocycles. The van der Waals surface area contributed by atoms with Crippen LogP contribution in [0.2, 0.25) is 0 Å². The van der Waals surface area contributed by atoms with Gasteiger partial charge in [0.1, 0.15) is 10.4 Å². The molecule has 0 fully saturated rings. The summed E-state index contributed by atoms with van der Waals surface area (Å²) in [4.78, 5) is 17.1. The summed E-state index contributed by atoms with van der Waals surface area (Å²) in [6.45, 7) is 0.608. The van der Waals surface area contributed by atoms with Gasteiger partial charge in [0.05, 0.1) is 6.54 Å². The van der Waals surface area contributed by atoms with Gasteiger partial charge in [-0.1, -0.05) is 30.4 Å². The van der Waals surface area contributed by atoms with Crippen molar-refractivity contribution in [1.82, 2.24) is 9.88 Å². The van der Waals surface area contributed by atoms with E-state index in [4.69, 9.17) is 18.0 Å². The lowest BCUT2D eigenvalue weighted by Crippen LogP contribution is -2.49. The number of benzene rings is 1. The lowest BCUT2D eigenvalue weighted by Gasteiger charge is -2.35. The van der Waals surface area contributed by atoms with E-state index in [1.165, 1.54) is 22.7 Å². The zero-order chi connectivity index (χ0) is 14.3. The average molecular weight is 305 g/mol. The molecule has 104 valence electrons. The largest absolute Gasteiger partial charge is 0.368 e. The topological polar surface area (TPSA) is 62.1 Å². The van der Waals surface area contributed by atoms with Crippen LogP contribution in [-0.2, 0) is 17.8 Å². The van der Waals surface area contributed by atoms with Crippen LogP contribution < -0.4 is 5.73 Å². The predicted octanol–water partition coefficient (Wildman–Crippen LogP) is 2.03. The number of thiocarbonyl (C=S) groups is 1. The van der Waals surface area contributed by atoms with Crippen molar-refractivity contribution in [2.24, 2.45) is 5.73 Å². The SMILES string of the molecule is CSC(=S)N1Cc2[nH]c3ccccc3c2CC1C(N)=O. The molecule has 4 nitrogen and oxygen atoms in total. The summed E-state index contributed by atoms with van der Waals surface area (Å²) in [6, 6.07) is 7.77. The van der Waals surface area contributed by atoms with Crippen molar-refractivity contribution in [3.63, 3.8) is 0 Å². The van der Waals surface area contributed by atoms with Gasteiger partial charge in [-0.3, -0.25) is 4.79 Å². The smallest absolute Gasteiger partial charge is 0.240 e. The van der Waals surface area contributed by atoms with Crippen molar-refractivity contribution < 1.29 is 4.79 Å². The van der Waals surface area contributed by atoms with Crippen molar-refractivity contribution >= 4 is 45.1 Å². The van der Waals surface area contributed by atoms with Crippen LogP contribution >= 0.6 is 24.0 Å². The molecule has 2 aromatic rings. The molecule has 1 unspecified atom stereocenters. The minimum Gasteiger partial charge on any atom is -0.368 e. The summed E-state index contributed by atoms with van der Waals surface area (Å²) >= 11 is 6.82. The van der Waals surface area contributed by atoms with E-state index in [1.54, 1.807) is 0 Å². The first-order chi connectivity index (χ1) is 9.61. The van der Waals surface area contributed by atoms with Gasteiger partial charge < -0.3 is 15.6 Å². The molecule has 0 bridgehead atoms. The molecule has 1 aromatic heterocycles. The number of fused-ring (bicyclic) bond motifs is 3. The normalized spacial score (nSPS) is 18.1. The fourth-order valence-electron chi connectivity index (χ4n) is 2.77. The molecule has 1 amide bonds. The molecule has 6 heteroatoms. The predicted molar refractivity (Wildman–Crippen MR) is 86.6 cm³/mol. The number of amides is 1. The van der Waals surface area contributed by atoms with Gasteiger partial charge >= 0.3 is 0 Å². The third-order valence-electron chi connectivity index (χ3n) is 3.74. The quantitative estimate of drug-likeness (QED) is 0.791. The molecule has 0 spiro atoms. The second-order valence-corrected chi connectivity index (χ2v) is 6.29. The third kappa shape index (κ3) is 2.09. The number of hydrogen-bond acceptors (Lipinski definition) is 3. The number of H-pyrrole nitrogens is 1. The number of aromatic nitrogens is 1. The highest BCUT2D eigenvalue weighted by Gasteiger charge is 2.33. The summed E-state index contributed by atoms with van der Waals surface area (Å²) in [5.74, 6) is -0.322. The zero-order valence-corrected chi connectivity index (χ0v) is 12.7. The van der Waals surface area contributed by atoms with E-state index in [-0.39, 0.29) is 11.9 Å². The van der Waals surface area contributed by atoms with Crippen LogP contribution in [0.1, 0.15) is 11.3 Å². The minimum absolute atomic E-state index is 0.322. The number of aromatic amines is 1. The maximum Gasteiger partial charge on any atom is 0.240 e. The third-order valence-corrected chi connectivity index (χ3v) is 5.06. The van der Waals surface area contributed by atoms with Crippen LogP contribution in [0.5, 0.6) is 0 Å². The van der Waals surface area contributed by atoms with Crippen LogP contribution in [0, 0.1) is 0 Å². The van der Waals surface area contributed by atoms with E-state index in [9.17, 15) is 4.79 Å². The molecular weight excluding hydrogens is 290 g/mol. The fraction of sp³-hybridized carbons (Fsp3) is 0.286. The van der Waals surface area contributed by atoms with E-state index in [0.29, 0.717) is 17.3 Å². The van der Waals surface area contributed by atoms with Crippen LogP contribution in [0.15, 0.2) is 24.3 Å². The van der Waals surface area contributed by atoms with Gasteiger partial charge in [-0.05, 0) is 17.9 Å². The fourth-order valence-corrected chi connectivity index (χ4v) is 3.39. The molecule has 20 heavy (non-hydrogen) atoms. The standard InChI is InChI=1S/C14H15N3OS2/c1-20-14(19)17-7-11-9(6-12(17)13(15)18)8-4-2-3-5-10(8)16-11/h2-5,12,16H,6-7H2,1H3,(H2,15,18). The molecule has 0 saturated heterocycles. The maximum atomic E-state index is 11.8. The Morgan fingerprint density at radius 2 is 2.25 bits per heavy atom. The molecule has 0 radical (unpaired) electrons. The van der Waals surface area contributed by atoms with E-state index >= 15 is 0 Å². The number of rotatable bonds is 1. The molecular formula is C14H15N3OS2. The number of carbonyl (C=O) groups excluding carboxylic acids is 1. The molecule has 3 N–H and O–H groups in total. The Bertz CT molecular complexity index is 695. The number of hydrogen-bond donors (Lipinski definition) is 2. The summed E-state index contributed by atoms with van der Waals surface area (Å²) in [5.41, 5.74) is 8.97. The Kier molecular flexibility index (Phi) is 3.43. The van der Waals surface area contributed by atoms with Crippen LogP contribution in [0.25, 0.3) is 10.9 Å². The number of para-hydroxylation sites is 1. The van der Waals surface area contributed by atoms with E-state index < -0.39 is 0 Å². The van der Waals surface area contributed by atoms with Gasteiger partial charge in [-0.25, -0.2) is 0 Å². The lowest BCUT2D eigenvalue weighted by molar-refractivity contribution is -0.122. The van der Waals surface area contributed by atoms with Crippen LogP contribution in [0.3, 0.4) is 0 Å². The highest BCUT2D eigenvalue weighted by Crippen LogP contribution is 2.31. The van der Waals surface area contributed by atoms with Crippen molar-refractivity contribution in [1.29, 1.82) is 0 Å². The molecule has 3 rings (SSSR count). The maximum absolute atomic E-state index is 11.8. The van der Waals surface area contributed by atoms with E-state index in [1.807, 2.05) is 29.4 Å².